The predicted octanol–water partition coefficient (Wildman–Crippen LogP) is 1.07. The largest absolute Gasteiger partial charge is 0.322 e. The molecule has 0 radical (unpaired) electrons. The molecule has 1 unspecified atom stereocenters. The minimum absolute atomic E-state index is 0.110. The topological polar surface area (TPSA) is 90.5 Å². The second kappa shape index (κ2) is 8.01. The van der Waals surface area contributed by atoms with Gasteiger partial charge in [-0.15, -0.1) is 0 Å². The van der Waals surface area contributed by atoms with Gasteiger partial charge in [0.1, 0.15) is 6.04 Å². The standard InChI is InChI=1S/C21H28N4O3/c1-22-15-4-6-16(7-5-15)23-11-13-2-3-14-12-25(21(28)17(14)10-13)18-8-9-19(26)24-20(18)27/h2-3,10,15-16,18,22-23H,4-9,11-12H2,1H3,(H,24,26,27). The minimum Gasteiger partial charge on any atom is -0.322 e. The molecule has 28 heavy (non-hydrogen) atoms. The molecule has 0 aromatic heterocycles. The van der Waals surface area contributed by atoms with Crippen LogP contribution in [-0.4, -0.2) is 47.8 Å². The van der Waals surface area contributed by atoms with E-state index in [4.69, 9.17) is 0 Å². The van der Waals surface area contributed by atoms with Gasteiger partial charge in [0.25, 0.3) is 5.91 Å². The van der Waals surface area contributed by atoms with Crippen molar-refractivity contribution in [2.24, 2.45) is 0 Å². The first-order valence-corrected chi connectivity index (χ1v) is 10.2. The fraction of sp³-hybridized carbons (Fsp3) is 0.571. The summed E-state index contributed by atoms with van der Waals surface area (Å²) in [7, 11) is 2.03. The van der Waals surface area contributed by atoms with E-state index in [1.165, 1.54) is 25.7 Å². The Kier molecular flexibility index (Phi) is 5.46. The van der Waals surface area contributed by atoms with Crippen LogP contribution in [-0.2, 0) is 22.7 Å². The van der Waals surface area contributed by atoms with Gasteiger partial charge in [0.15, 0.2) is 0 Å². The Morgan fingerprint density at radius 1 is 1.07 bits per heavy atom. The highest BCUT2D eigenvalue weighted by molar-refractivity contribution is 6.05. The zero-order valence-corrected chi connectivity index (χ0v) is 16.3. The minimum atomic E-state index is -0.554. The summed E-state index contributed by atoms with van der Waals surface area (Å²) in [5, 5.41) is 9.31. The van der Waals surface area contributed by atoms with E-state index in [0.717, 1.165) is 17.7 Å². The van der Waals surface area contributed by atoms with Crippen molar-refractivity contribution in [3.63, 3.8) is 0 Å². The molecule has 150 valence electrons. The molecule has 0 spiro atoms. The van der Waals surface area contributed by atoms with Crippen molar-refractivity contribution in [3.05, 3.63) is 34.9 Å². The van der Waals surface area contributed by atoms with E-state index in [0.29, 0.717) is 30.6 Å². The molecular formula is C21H28N4O3. The van der Waals surface area contributed by atoms with Crippen LogP contribution in [0.25, 0.3) is 0 Å². The number of fused-ring (bicyclic) bond motifs is 1. The summed E-state index contributed by atoms with van der Waals surface area (Å²) >= 11 is 0. The monoisotopic (exact) mass is 384 g/mol. The summed E-state index contributed by atoms with van der Waals surface area (Å²) in [6.45, 7) is 1.18. The first kappa shape index (κ1) is 19.1. The third kappa shape index (κ3) is 3.82. The number of amides is 3. The highest BCUT2D eigenvalue weighted by Gasteiger charge is 2.39. The lowest BCUT2D eigenvalue weighted by atomic mass is 9.91. The molecule has 1 aliphatic carbocycles. The lowest BCUT2D eigenvalue weighted by molar-refractivity contribution is -0.136. The number of nitrogens with zero attached hydrogens (tertiary/aromatic N) is 1. The molecule has 1 saturated heterocycles. The van der Waals surface area contributed by atoms with E-state index in [9.17, 15) is 14.4 Å². The lowest BCUT2D eigenvalue weighted by Gasteiger charge is -2.29. The second-order valence-electron chi connectivity index (χ2n) is 8.11. The summed E-state index contributed by atoms with van der Waals surface area (Å²) in [4.78, 5) is 38.0. The number of carbonyl (C=O) groups is 3. The van der Waals surface area contributed by atoms with Crippen molar-refractivity contribution >= 4 is 17.7 Å². The lowest BCUT2D eigenvalue weighted by Crippen LogP contribution is -2.52. The Morgan fingerprint density at radius 3 is 2.54 bits per heavy atom. The molecule has 3 aliphatic rings. The van der Waals surface area contributed by atoms with Gasteiger partial charge in [0.2, 0.25) is 11.8 Å². The van der Waals surface area contributed by atoms with Gasteiger partial charge in [-0.25, -0.2) is 0 Å². The number of rotatable bonds is 5. The maximum Gasteiger partial charge on any atom is 0.255 e. The van der Waals surface area contributed by atoms with E-state index < -0.39 is 6.04 Å². The SMILES string of the molecule is CNC1CCC(NCc2ccc3c(c2)C(=O)N(C2CCC(=O)NC2=O)C3)CC1. The molecule has 1 saturated carbocycles. The summed E-state index contributed by atoms with van der Waals surface area (Å²) < 4.78 is 0. The number of piperidine rings is 1. The van der Waals surface area contributed by atoms with Crippen LogP contribution < -0.4 is 16.0 Å². The van der Waals surface area contributed by atoms with Gasteiger partial charge in [-0.2, -0.15) is 0 Å². The zero-order valence-electron chi connectivity index (χ0n) is 16.3. The number of hydrogen-bond acceptors (Lipinski definition) is 5. The average Bonchev–Trinajstić information content (AvgIpc) is 3.03. The maximum atomic E-state index is 12.9. The van der Waals surface area contributed by atoms with Crippen LogP contribution in [0.15, 0.2) is 18.2 Å². The molecular weight excluding hydrogens is 356 g/mol. The number of imide groups is 1. The van der Waals surface area contributed by atoms with Gasteiger partial charge in [-0.1, -0.05) is 12.1 Å². The zero-order chi connectivity index (χ0) is 19.7. The van der Waals surface area contributed by atoms with Crippen LogP contribution in [0.2, 0.25) is 0 Å². The van der Waals surface area contributed by atoms with Crippen molar-refractivity contribution < 1.29 is 14.4 Å². The van der Waals surface area contributed by atoms with E-state index >= 15 is 0 Å². The first-order valence-electron chi connectivity index (χ1n) is 10.2. The Balaban J connectivity index is 1.38. The Morgan fingerprint density at radius 2 is 1.82 bits per heavy atom. The molecule has 7 heteroatoms. The average molecular weight is 384 g/mol. The molecule has 0 bridgehead atoms. The normalized spacial score (nSPS) is 27.7. The molecule has 2 heterocycles. The van der Waals surface area contributed by atoms with Crippen LogP contribution >= 0.6 is 0 Å². The molecule has 2 aliphatic heterocycles. The van der Waals surface area contributed by atoms with Crippen molar-refractivity contribution in [1.82, 2.24) is 20.9 Å². The highest BCUT2D eigenvalue weighted by Crippen LogP contribution is 2.28. The van der Waals surface area contributed by atoms with Crippen molar-refractivity contribution in [3.8, 4) is 0 Å². The maximum absolute atomic E-state index is 12.9. The molecule has 1 aromatic carbocycles. The summed E-state index contributed by atoms with van der Waals surface area (Å²) in [5.74, 6) is -0.736. The third-order valence-electron chi connectivity index (χ3n) is 6.32. The number of nitrogens with one attached hydrogen (secondary N) is 3. The van der Waals surface area contributed by atoms with Gasteiger partial charge in [-0.3, -0.25) is 19.7 Å². The van der Waals surface area contributed by atoms with E-state index in [-0.39, 0.29) is 24.1 Å². The van der Waals surface area contributed by atoms with Gasteiger partial charge < -0.3 is 15.5 Å². The van der Waals surface area contributed by atoms with E-state index in [2.05, 4.69) is 22.0 Å². The Labute approximate surface area is 165 Å². The van der Waals surface area contributed by atoms with E-state index in [1.807, 2.05) is 19.2 Å². The van der Waals surface area contributed by atoms with Crippen molar-refractivity contribution in [1.29, 1.82) is 0 Å². The van der Waals surface area contributed by atoms with Gasteiger partial charge >= 0.3 is 0 Å². The summed E-state index contributed by atoms with van der Waals surface area (Å²) in [6, 6.07) is 6.61. The van der Waals surface area contributed by atoms with Crippen molar-refractivity contribution in [2.75, 3.05) is 7.05 Å². The van der Waals surface area contributed by atoms with Crippen LogP contribution in [0, 0.1) is 0 Å². The van der Waals surface area contributed by atoms with Gasteiger partial charge in [0.05, 0.1) is 0 Å². The summed E-state index contributed by atoms with van der Waals surface area (Å²) in [6.07, 6.45) is 5.39. The number of benzene rings is 1. The number of carbonyl (C=O) groups excluding carboxylic acids is 3. The highest BCUT2D eigenvalue weighted by atomic mass is 16.2. The first-order chi connectivity index (χ1) is 13.5. The Bertz CT molecular complexity index is 786. The van der Waals surface area contributed by atoms with Crippen molar-refractivity contribution in [2.45, 2.75) is 69.7 Å². The van der Waals surface area contributed by atoms with E-state index in [1.54, 1.807) is 4.90 Å². The molecule has 4 rings (SSSR count). The fourth-order valence-electron chi connectivity index (χ4n) is 4.56. The van der Waals surface area contributed by atoms with Gasteiger partial charge in [0, 0.05) is 37.2 Å². The fourth-order valence-corrected chi connectivity index (χ4v) is 4.56. The van der Waals surface area contributed by atoms with Gasteiger partial charge in [-0.05, 0) is 56.3 Å². The second-order valence-corrected chi connectivity index (χ2v) is 8.11. The van der Waals surface area contributed by atoms with Crippen LogP contribution in [0.3, 0.4) is 0 Å². The smallest absolute Gasteiger partial charge is 0.255 e. The molecule has 1 atom stereocenters. The quantitative estimate of drug-likeness (QED) is 0.661. The summed E-state index contributed by atoms with van der Waals surface area (Å²) in [5.41, 5.74) is 2.73. The molecule has 2 fully saturated rings. The molecule has 1 aromatic rings. The molecule has 3 amide bonds. The van der Waals surface area contributed by atoms with Crippen LogP contribution in [0.5, 0.6) is 0 Å². The Hall–Kier alpha value is -2.25. The van der Waals surface area contributed by atoms with Crippen LogP contribution in [0.4, 0.5) is 0 Å². The molecule has 3 N–H and O–H groups in total. The van der Waals surface area contributed by atoms with Crippen LogP contribution in [0.1, 0.15) is 60.0 Å². The number of hydrogen-bond donors (Lipinski definition) is 3. The third-order valence-corrected chi connectivity index (χ3v) is 6.32. The molecule has 7 nitrogen and oxygen atoms in total. The predicted molar refractivity (Wildman–Crippen MR) is 104 cm³/mol.